The predicted molar refractivity (Wildman–Crippen MR) is 115 cm³/mol. The molecular formula is C23H23N5O2. The van der Waals surface area contributed by atoms with E-state index in [-0.39, 0.29) is 18.4 Å². The minimum Gasteiger partial charge on any atom is -0.343 e. The molecule has 3 heterocycles. The fourth-order valence-corrected chi connectivity index (χ4v) is 3.41. The summed E-state index contributed by atoms with van der Waals surface area (Å²) >= 11 is 0. The zero-order valence-electron chi connectivity index (χ0n) is 16.6. The number of benzene rings is 1. The van der Waals surface area contributed by atoms with Crippen LogP contribution in [0.25, 0.3) is 23.0 Å². The third-order valence-electron chi connectivity index (χ3n) is 4.99. The first-order chi connectivity index (χ1) is 14.7. The Balaban J connectivity index is 1.51. The van der Waals surface area contributed by atoms with Crippen molar-refractivity contribution in [1.29, 1.82) is 0 Å². The number of carbonyl (C=O) groups is 2. The summed E-state index contributed by atoms with van der Waals surface area (Å²) < 4.78 is 1.77. The van der Waals surface area contributed by atoms with Gasteiger partial charge < -0.3 is 10.2 Å². The molecule has 4 rings (SSSR count). The molecule has 152 valence electrons. The molecule has 1 N–H and O–H groups in total. The minimum absolute atomic E-state index is 0.0158. The normalized spacial score (nSPS) is 13.7. The smallest absolute Gasteiger partial charge is 0.244 e. The minimum atomic E-state index is -0.313. The zero-order valence-corrected chi connectivity index (χ0v) is 16.6. The zero-order chi connectivity index (χ0) is 20.8. The van der Waals surface area contributed by atoms with Gasteiger partial charge in [0.1, 0.15) is 5.69 Å². The summed E-state index contributed by atoms with van der Waals surface area (Å²) in [5.74, 6) is -0.352. The Morgan fingerprint density at radius 2 is 1.87 bits per heavy atom. The highest BCUT2D eigenvalue weighted by Crippen LogP contribution is 2.24. The van der Waals surface area contributed by atoms with Crippen LogP contribution >= 0.6 is 0 Å². The lowest BCUT2D eigenvalue weighted by Crippen LogP contribution is -2.38. The number of hydrogen-bond donors (Lipinski definition) is 1. The number of para-hydroxylation sites is 1. The third-order valence-corrected chi connectivity index (χ3v) is 4.99. The maximum absolute atomic E-state index is 12.3. The number of rotatable bonds is 6. The molecule has 7 heteroatoms. The van der Waals surface area contributed by atoms with Crippen molar-refractivity contribution in [3.05, 3.63) is 72.7 Å². The lowest BCUT2D eigenvalue weighted by Gasteiger charge is -2.14. The van der Waals surface area contributed by atoms with Crippen LogP contribution in [0.3, 0.4) is 0 Å². The summed E-state index contributed by atoms with van der Waals surface area (Å²) in [5.41, 5.74) is 3.29. The number of nitrogens with one attached hydrogen (secondary N) is 1. The van der Waals surface area contributed by atoms with Gasteiger partial charge in [0, 0.05) is 48.9 Å². The largest absolute Gasteiger partial charge is 0.343 e. The van der Waals surface area contributed by atoms with Crippen LogP contribution in [-0.4, -0.2) is 51.1 Å². The average molecular weight is 401 g/mol. The van der Waals surface area contributed by atoms with Gasteiger partial charge in [-0.1, -0.05) is 18.2 Å². The molecule has 1 aromatic carbocycles. The predicted octanol–water partition coefficient (Wildman–Crippen LogP) is 2.69. The van der Waals surface area contributed by atoms with Gasteiger partial charge in [0.2, 0.25) is 11.8 Å². The molecule has 0 aliphatic carbocycles. The van der Waals surface area contributed by atoms with E-state index < -0.39 is 0 Å². The van der Waals surface area contributed by atoms with Crippen LogP contribution in [-0.2, 0) is 9.59 Å². The van der Waals surface area contributed by atoms with E-state index in [2.05, 4.69) is 15.4 Å². The van der Waals surface area contributed by atoms with Crippen molar-refractivity contribution < 1.29 is 9.59 Å². The molecule has 0 spiro atoms. The van der Waals surface area contributed by atoms with Crippen LogP contribution in [0.15, 0.2) is 67.1 Å². The van der Waals surface area contributed by atoms with Gasteiger partial charge in [-0.3, -0.25) is 14.6 Å². The Hall–Kier alpha value is -3.74. The molecule has 1 aliphatic heterocycles. The van der Waals surface area contributed by atoms with Gasteiger partial charge >= 0.3 is 0 Å². The molecule has 1 aliphatic rings. The van der Waals surface area contributed by atoms with Gasteiger partial charge in [-0.05, 0) is 43.2 Å². The van der Waals surface area contributed by atoms with E-state index >= 15 is 0 Å². The lowest BCUT2D eigenvalue weighted by atomic mass is 10.1. The van der Waals surface area contributed by atoms with Gasteiger partial charge in [0.15, 0.2) is 0 Å². The van der Waals surface area contributed by atoms with Crippen LogP contribution in [0.2, 0.25) is 0 Å². The van der Waals surface area contributed by atoms with E-state index in [1.165, 1.54) is 6.08 Å². The molecule has 30 heavy (non-hydrogen) atoms. The molecule has 3 aromatic rings. The number of carbonyl (C=O) groups excluding carboxylic acids is 2. The molecule has 0 unspecified atom stereocenters. The van der Waals surface area contributed by atoms with Gasteiger partial charge in [0.05, 0.1) is 12.2 Å². The highest BCUT2D eigenvalue weighted by molar-refractivity contribution is 5.95. The Kier molecular flexibility index (Phi) is 5.98. The number of pyridine rings is 1. The van der Waals surface area contributed by atoms with Crippen molar-refractivity contribution in [3.8, 4) is 16.9 Å². The Labute approximate surface area is 175 Å². The Bertz CT molecular complexity index is 1040. The van der Waals surface area contributed by atoms with E-state index in [4.69, 9.17) is 0 Å². The Morgan fingerprint density at radius 3 is 2.60 bits per heavy atom. The van der Waals surface area contributed by atoms with Crippen molar-refractivity contribution in [2.45, 2.75) is 12.8 Å². The van der Waals surface area contributed by atoms with Crippen LogP contribution in [0.5, 0.6) is 0 Å². The SMILES string of the molecule is O=C(/C=C/c1cn(-c2ccccc2)nc1-c1cccnc1)NCC(=O)N1CCCC1. The average Bonchev–Trinajstić information content (AvgIpc) is 3.48. The van der Waals surface area contributed by atoms with Crippen LogP contribution in [0, 0.1) is 0 Å². The molecule has 1 fully saturated rings. The first-order valence-corrected chi connectivity index (χ1v) is 10.00. The third kappa shape index (κ3) is 4.63. The first kappa shape index (κ1) is 19.6. The number of nitrogens with zero attached hydrogens (tertiary/aromatic N) is 4. The maximum atomic E-state index is 12.3. The molecule has 0 atom stereocenters. The van der Waals surface area contributed by atoms with Gasteiger partial charge in [-0.2, -0.15) is 5.10 Å². The van der Waals surface area contributed by atoms with E-state index in [0.717, 1.165) is 48.4 Å². The second kappa shape index (κ2) is 9.17. The number of hydrogen-bond acceptors (Lipinski definition) is 4. The molecule has 2 amide bonds. The van der Waals surface area contributed by atoms with E-state index in [1.807, 2.05) is 48.7 Å². The van der Waals surface area contributed by atoms with Gasteiger partial charge in [-0.25, -0.2) is 4.68 Å². The summed E-state index contributed by atoms with van der Waals surface area (Å²) in [6.07, 6.45) is 10.5. The van der Waals surface area contributed by atoms with E-state index in [1.54, 1.807) is 28.1 Å². The monoisotopic (exact) mass is 401 g/mol. The fourth-order valence-electron chi connectivity index (χ4n) is 3.41. The summed E-state index contributed by atoms with van der Waals surface area (Å²) in [5, 5.41) is 7.36. The molecule has 0 bridgehead atoms. The molecule has 2 aromatic heterocycles. The second-order valence-corrected chi connectivity index (χ2v) is 7.09. The first-order valence-electron chi connectivity index (χ1n) is 10.00. The molecule has 7 nitrogen and oxygen atoms in total. The highest BCUT2D eigenvalue weighted by atomic mass is 16.2. The second-order valence-electron chi connectivity index (χ2n) is 7.09. The number of amides is 2. The van der Waals surface area contributed by atoms with Gasteiger partial charge in [0.25, 0.3) is 0 Å². The molecule has 1 saturated heterocycles. The van der Waals surface area contributed by atoms with Crippen LogP contribution < -0.4 is 5.32 Å². The molecular weight excluding hydrogens is 378 g/mol. The van der Waals surface area contributed by atoms with Crippen LogP contribution in [0.4, 0.5) is 0 Å². The van der Waals surface area contributed by atoms with Crippen molar-refractivity contribution in [2.75, 3.05) is 19.6 Å². The molecule has 0 radical (unpaired) electrons. The summed E-state index contributed by atoms with van der Waals surface area (Å²) in [7, 11) is 0. The maximum Gasteiger partial charge on any atom is 0.244 e. The van der Waals surface area contributed by atoms with E-state index in [9.17, 15) is 9.59 Å². The highest BCUT2D eigenvalue weighted by Gasteiger charge is 2.17. The fraction of sp³-hybridized carbons (Fsp3) is 0.217. The van der Waals surface area contributed by atoms with Crippen molar-refractivity contribution in [3.63, 3.8) is 0 Å². The van der Waals surface area contributed by atoms with Crippen LogP contribution in [0.1, 0.15) is 18.4 Å². The Morgan fingerprint density at radius 1 is 1.07 bits per heavy atom. The van der Waals surface area contributed by atoms with Crippen molar-refractivity contribution in [2.24, 2.45) is 0 Å². The summed E-state index contributed by atoms with van der Waals surface area (Å²) in [4.78, 5) is 30.3. The topological polar surface area (TPSA) is 80.1 Å². The summed E-state index contributed by atoms with van der Waals surface area (Å²) in [6, 6.07) is 13.5. The summed E-state index contributed by atoms with van der Waals surface area (Å²) in [6.45, 7) is 1.57. The number of aromatic nitrogens is 3. The number of likely N-dealkylation sites (tertiary alicyclic amines) is 1. The quantitative estimate of drug-likeness (QED) is 0.644. The van der Waals surface area contributed by atoms with E-state index in [0.29, 0.717) is 0 Å². The molecule has 0 saturated carbocycles. The van der Waals surface area contributed by atoms with Crippen molar-refractivity contribution in [1.82, 2.24) is 25.0 Å². The standard InChI is InChI=1S/C23H23N5O2/c29-21(25-16-22(30)27-13-4-5-14-27)11-10-19-17-28(20-8-2-1-3-9-20)26-23(19)18-7-6-12-24-15-18/h1-3,6-12,15,17H,4-5,13-14,16H2,(H,25,29)/b11-10+. The van der Waals surface area contributed by atoms with Crippen molar-refractivity contribution >= 4 is 17.9 Å². The lowest BCUT2D eigenvalue weighted by molar-refractivity contribution is -0.131. The van der Waals surface area contributed by atoms with Gasteiger partial charge in [-0.15, -0.1) is 0 Å².